The fourth-order valence-corrected chi connectivity index (χ4v) is 3.82. The highest BCUT2D eigenvalue weighted by Gasteiger charge is 2.20. The molecule has 0 bridgehead atoms. The SMILES string of the molecule is CCNC(c1cc(Cl)c(Br)s1)c1ccccc1OC. The van der Waals surface area contributed by atoms with E-state index in [1.807, 2.05) is 24.3 Å². The van der Waals surface area contributed by atoms with Crippen LogP contribution in [0.25, 0.3) is 0 Å². The maximum Gasteiger partial charge on any atom is 0.124 e. The van der Waals surface area contributed by atoms with E-state index >= 15 is 0 Å². The molecule has 0 saturated carbocycles. The number of halogens is 2. The Balaban J connectivity index is 2.44. The smallest absolute Gasteiger partial charge is 0.124 e. The van der Waals surface area contributed by atoms with E-state index in [4.69, 9.17) is 16.3 Å². The number of nitrogens with one attached hydrogen (secondary N) is 1. The normalized spacial score (nSPS) is 12.4. The van der Waals surface area contributed by atoms with E-state index in [2.05, 4.69) is 34.2 Å². The van der Waals surface area contributed by atoms with Gasteiger partial charge in [-0.15, -0.1) is 11.3 Å². The van der Waals surface area contributed by atoms with Gasteiger partial charge in [-0.2, -0.15) is 0 Å². The minimum absolute atomic E-state index is 0.0925. The highest BCUT2D eigenvalue weighted by atomic mass is 79.9. The fraction of sp³-hybridized carbons (Fsp3) is 0.286. The summed E-state index contributed by atoms with van der Waals surface area (Å²) in [6.45, 7) is 2.96. The first-order chi connectivity index (χ1) is 9.17. The van der Waals surface area contributed by atoms with Crippen LogP contribution in [0.3, 0.4) is 0 Å². The van der Waals surface area contributed by atoms with Crippen LogP contribution in [0, 0.1) is 0 Å². The minimum Gasteiger partial charge on any atom is -0.496 e. The van der Waals surface area contributed by atoms with E-state index in [-0.39, 0.29) is 6.04 Å². The van der Waals surface area contributed by atoms with E-state index in [0.29, 0.717) is 0 Å². The summed E-state index contributed by atoms with van der Waals surface area (Å²) in [5, 5.41) is 4.23. The number of ether oxygens (including phenoxy) is 1. The van der Waals surface area contributed by atoms with Gasteiger partial charge in [0, 0.05) is 10.4 Å². The van der Waals surface area contributed by atoms with Crippen molar-refractivity contribution in [3.63, 3.8) is 0 Å². The van der Waals surface area contributed by atoms with E-state index in [0.717, 1.165) is 26.7 Å². The van der Waals surface area contributed by atoms with Crippen molar-refractivity contribution >= 4 is 38.9 Å². The molecule has 1 N–H and O–H groups in total. The van der Waals surface area contributed by atoms with Gasteiger partial charge in [-0.3, -0.25) is 0 Å². The molecule has 0 fully saturated rings. The summed E-state index contributed by atoms with van der Waals surface area (Å²) in [7, 11) is 1.69. The lowest BCUT2D eigenvalue weighted by Crippen LogP contribution is -2.21. The van der Waals surface area contributed by atoms with Gasteiger partial charge in [-0.1, -0.05) is 36.7 Å². The summed E-state index contributed by atoms with van der Waals surface area (Å²) in [5.41, 5.74) is 1.12. The predicted octanol–water partition coefficient (Wildman–Crippen LogP) is 4.87. The summed E-state index contributed by atoms with van der Waals surface area (Å²) < 4.78 is 6.41. The zero-order valence-corrected chi connectivity index (χ0v) is 13.9. The predicted molar refractivity (Wildman–Crippen MR) is 85.5 cm³/mol. The average Bonchev–Trinajstić information content (AvgIpc) is 2.76. The van der Waals surface area contributed by atoms with Crippen molar-refractivity contribution in [2.75, 3.05) is 13.7 Å². The summed E-state index contributed by atoms with van der Waals surface area (Å²) >= 11 is 11.3. The Morgan fingerprint density at radius 1 is 1.42 bits per heavy atom. The van der Waals surface area contributed by atoms with Crippen molar-refractivity contribution in [1.29, 1.82) is 0 Å². The van der Waals surface area contributed by atoms with Crippen molar-refractivity contribution in [2.45, 2.75) is 13.0 Å². The molecule has 102 valence electrons. The van der Waals surface area contributed by atoms with Gasteiger partial charge in [0.1, 0.15) is 5.75 Å². The molecule has 0 aliphatic carbocycles. The molecule has 1 aromatic heterocycles. The molecule has 0 aliphatic rings. The Morgan fingerprint density at radius 2 is 2.16 bits per heavy atom. The summed E-state index contributed by atoms with van der Waals surface area (Å²) in [4.78, 5) is 1.17. The number of hydrogen-bond donors (Lipinski definition) is 1. The van der Waals surface area contributed by atoms with Crippen molar-refractivity contribution in [2.24, 2.45) is 0 Å². The van der Waals surface area contributed by atoms with Gasteiger partial charge in [-0.05, 0) is 34.6 Å². The molecule has 2 aromatic rings. The van der Waals surface area contributed by atoms with Crippen LogP contribution in [-0.2, 0) is 0 Å². The zero-order chi connectivity index (χ0) is 13.8. The van der Waals surface area contributed by atoms with Gasteiger partial charge in [0.05, 0.1) is 22.0 Å². The van der Waals surface area contributed by atoms with Crippen LogP contribution in [0.1, 0.15) is 23.4 Å². The molecular weight excluding hydrogens is 346 g/mol. The maximum atomic E-state index is 6.14. The first kappa shape index (κ1) is 14.9. The fourth-order valence-electron chi connectivity index (χ4n) is 1.98. The summed E-state index contributed by atoms with van der Waals surface area (Å²) in [6.07, 6.45) is 0. The van der Waals surface area contributed by atoms with Gasteiger partial charge < -0.3 is 10.1 Å². The molecular formula is C14H15BrClNOS. The Hall–Kier alpha value is -0.550. The van der Waals surface area contributed by atoms with Gasteiger partial charge in [0.25, 0.3) is 0 Å². The Labute approximate surface area is 130 Å². The van der Waals surface area contributed by atoms with E-state index < -0.39 is 0 Å². The monoisotopic (exact) mass is 359 g/mol. The van der Waals surface area contributed by atoms with Crippen LogP contribution in [0.15, 0.2) is 34.1 Å². The second-order valence-electron chi connectivity index (χ2n) is 4.00. The quantitative estimate of drug-likeness (QED) is 0.821. The highest BCUT2D eigenvalue weighted by molar-refractivity contribution is 9.11. The van der Waals surface area contributed by atoms with Crippen LogP contribution in [0.2, 0.25) is 5.02 Å². The van der Waals surface area contributed by atoms with Crippen molar-refractivity contribution < 1.29 is 4.74 Å². The number of rotatable bonds is 5. The second kappa shape index (κ2) is 6.75. The lowest BCUT2D eigenvalue weighted by Gasteiger charge is -2.19. The average molecular weight is 361 g/mol. The lowest BCUT2D eigenvalue weighted by molar-refractivity contribution is 0.404. The number of thiophene rings is 1. The maximum absolute atomic E-state index is 6.14. The molecule has 5 heteroatoms. The van der Waals surface area contributed by atoms with Crippen molar-refractivity contribution in [3.8, 4) is 5.75 Å². The molecule has 19 heavy (non-hydrogen) atoms. The van der Waals surface area contributed by atoms with Crippen LogP contribution in [0.4, 0.5) is 0 Å². The Kier molecular flexibility index (Phi) is 5.28. The molecule has 1 atom stereocenters. The third-order valence-corrected chi connectivity index (χ3v) is 5.35. The minimum atomic E-state index is 0.0925. The molecule has 0 spiro atoms. The van der Waals surface area contributed by atoms with E-state index in [9.17, 15) is 0 Å². The number of benzene rings is 1. The zero-order valence-electron chi connectivity index (χ0n) is 10.7. The van der Waals surface area contributed by atoms with Gasteiger partial charge >= 0.3 is 0 Å². The molecule has 1 unspecified atom stereocenters. The number of para-hydroxylation sites is 1. The molecule has 0 aliphatic heterocycles. The highest BCUT2D eigenvalue weighted by Crippen LogP contribution is 2.39. The number of methoxy groups -OCH3 is 1. The third-order valence-electron chi connectivity index (χ3n) is 2.81. The second-order valence-corrected chi connectivity index (χ2v) is 6.81. The van der Waals surface area contributed by atoms with Crippen molar-refractivity contribution in [1.82, 2.24) is 5.32 Å². The molecule has 1 heterocycles. The van der Waals surface area contributed by atoms with E-state index in [1.165, 1.54) is 4.88 Å². The first-order valence-corrected chi connectivity index (χ1v) is 7.97. The van der Waals surface area contributed by atoms with Gasteiger partial charge in [-0.25, -0.2) is 0 Å². The van der Waals surface area contributed by atoms with Crippen molar-refractivity contribution in [3.05, 3.63) is 49.6 Å². The summed E-state index contributed by atoms with van der Waals surface area (Å²) in [6, 6.07) is 10.1. The molecule has 2 nitrogen and oxygen atoms in total. The van der Waals surface area contributed by atoms with Gasteiger partial charge in [0.2, 0.25) is 0 Å². The van der Waals surface area contributed by atoms with Gasteiger partial charge in [0.15, 0.2) is 0 Å². The Bertz CT molecular complexity index is 539. The van der Waals surface area contributed by atoms with Crippen LogP contribution >= 0.6 is 38.9 Å². The molecule has 0 amide bonds. The third kappa shape index (κ3) is 3.31. The molecule has 0 saturated heterocycles. The largest absolute Gasteiger partial charge is 0.496 e. The standard InChI is InChI=1S/C14H15BrClNOS/c1-3-17-13(12-8-10(16)14(15)19-12)9-6-4-5-7-11(9)18-2/h4-8,13,17H,3H2,1-2H3. The topological polar surface area (TPSA) is 21.3 Å². The first-order valence-electron chi connectivity index (χ1n) is 5.98. The van der Waals surface area contributed by atoms with E-state index in [1.54, 1.807) is 18.4 Å². The summed E-state index contributed by atoms with van der Waals surface area (Å²) in [5.74, 6) is 0.883. The van der Waals surface area contributed by atoms with Crippen LogP contribution in [0.5, 0.6) is 5.75 Å². The lowest BCUT2D eigenvalue weighted by atomic mass is 10.0. The van der Waals surface area contributed by atoms with Crippen LogP contribution < -0.4 is 10.1 Å². The molecule has 2 rings (SSSR count). The Morgan fingerprint density at radius 3 is 2.74 bits per heavy atom. The number of hydrogen-bond acceptors (Lipinski definition) is 3. The molecule has 0 radical (unpaired) electrons. The molecule has 1 aromatic carbocycles. The van der Waals surface area contributed by atoms with Crippen LogP contribution in [-0.4, -0.2) is 13.7 Å².